The third-order valence-electron chi connectivity index (χ3n) is 7.76. The van der Waals surface area contributed by atoms with E-state index in [9.17, 15) is 9.59 Å². The summed E-state index contributed by atoms with van der Waals surface area (Å²) in [5.41, 5.74) is 3.41. The number of aromatic amines is 2. The SMILES string of the molecule is CCC(C)NCc1ccc2[nH]c(=O)c3nc2c1O[C@H]1C[C@@H](C)N(CCn2[nH]c4c-3cccc4c2=O)C1. The van der Waals surface area contributed by atoms with Crippen LogP contribution in [0.2, 0.25) is 0 Å². The lowest BCUT2D eigenvalue weighted by atomic mass is 10.1. The fourth-order valence-corrected chi connectivity index (χ4v) is 5.43. The second-order valence-electron chi connectivity index (χ2n) is 10.2. The van der Waals surface area contributed by atoms with Gasteiger partial charge in [-0.05, 0) is 32.4 Å². The van der Waals surface area contributed by atoms with Gasteiger partial charge in [0, 0.05) is 49.3 Å². The largest absolute Gasteiger partial charge is 0.486 e. The summed E-state index contributed by atoms with van der Waals surface area (Å²) in [5.74, 6) is 0.718. The Labute approximate surface area is 208 Å². The first-order chi connectivity index (χ1) is 17.4. The number of hydrogen-bond donors (Lipinski definition) is 3. The minimum absolute atomic E-state index is 0.00749. The Morgan fingerprint density at radius 2 is 2.08 bits per heavy atom. The average molecular weight is 489 g/mol. The van der Waals surface area contributed by atoms with Crippen LogP contribution in [0.25, 0.3) is 33.2 Å². The number of hydrogen-bond acceptors (Lipinski definition) is 6. The Balaban J connectivity index is 1.60. The van der Waals surface area contributed by atoms with Gasteiger partial charge >= 0.3 is 0 Å². The number of ether oxygens (including phenoxy) is 1. The van der Waals surface area contributed by atoms with Crippen molar-refractivity contribution in [3.05, 3.63) is 56.6 Å². The third kappa shape index (κ3) is 3.83. The van der Waals surface area contributed by atoms with E-state index in [1.165, 1.54) is 0 Å². The highest BCUT2D eigenvalue weighted by atomic mass is 16.5. The molecule has 0 radical (unpaired) electrons. The number of aromatic nitrogens is 4. The minimum Gasteiger partial charge on any atom is -0.486 e. The van der Waals surface area contributed by atoms with Crippen molar-refractivity contribution in [3.8, 4) is 17.0 Å². The first kappa shape index (κ1) is 23.0. The normalized spacial score (nSPS) is 22.2. The van der Waals surface area contributed by atoms with Crippen molar-refractivity contribution >= 4 is 21.9 Å². The average Bonchev–Trinajstić information content (AvgIpc) is 3.39. The fourth-order valence-electron chi connectivity index (χ4n) is 5.43. The molecule has 9 heteroatoms. The lowest BCUT2D eigenvalue weighted by molar-refractivity contribution is 0.194. The molecule has 0 spiro atoms. The molecule has 0 saturated carbocycles. The topological polar surface area (TPSA) is 108 Å². The summed E-state index contributed by atoms with van der Waals surface area (Å²) in [6, 6.07) is 10.0. The standard InChI is InChI=1S/C27H32N6O3/c1-4-15(2)28-13-17-8-9-21-24-25(17)36-18-12-16(3)32(14-18)10-11-33-27(35)20-7-5-6-19(22(20)31-33)23(30-24)26(34)29-21/h5-9,15-16,18,28,31H,4,10-14H2,1-3H3,(H,29,34)/t15?,16-,18+/m1/s1. The lowest BCUT2D eigenvalue weighted by Crippen LogP contribution is -2.34. The van der Waals surface area contributed by atoms with E-state index in [2.05, 4.69) is 41.1 Å². The molecule has 0 aliphatic carbocycles. The number of nitrogens with one attached hydrogen (secondary N) is 3. The maximum Gasteiger partial charge on any atom is 0.275 e. The van der Waals surface area contributed by atoms with Crippen molar-refractivity contribution in [2.24, 2.45) is 0 Å². The van der Waals surface area contributed by atoms with Crippen LogP contribution in [0.5, 0.6) is 5.75 Å². The van der Waals surface area contributed by atoms with Crippen LogP contribution in [0.15, 0.2) is 39.9 Å². The molecular formula is C27H32N6O3. The Morgan fingerprint density at radius 3 is 2.92 bits per heavy atom. The zero-order chi connectivity index (χ0) is 25.0. The van der Waals surface area contributed by atoms with Gasteiger partial charge in [0.15, 0.2) is 5.75 Å². The molecule has 188 valence electrons. The van der Waals surface area contributed by atoms with E-state index in [4.69, 9.17) is 9.72 Å². The second-order valence-corrected chi connectivity index (χ2v) is 10.2. The summed E-state index contributed by atoms with van der Waals surface area (Å²) >= 11 is 0. The monoisotopic (exact) mass is 488 g/mol. The van der Waals surface area contributed by atoms with Crippen molar-refractivity contribution in [1.82, 2.24) is 30.0 Å². The number of nitrogens with zero attached hydrogens (tertiary/aromatic N) is 3. The molecule has 36 heavy (non-hydrogen) atoms. The Morgan fingerprint density at radius 1 is 1.22 bits per heavy atom. The molecule has 1 fully saturated rings. The van der Waals surface area contributed by atoms with Gasteiger partial charge in [-0.15, -0.1) is 0 Å². The summed E-state index contributed by atoms with van der Waals surface area (Å²) < 4.78 is 8.35. The Hall–Kier alpha value is -3.43. The highest BCUT2D eigenvalue weighted by Gasteiger charge is 2.32. The summed E-state index contributed by atoms with van der Waals surface area (Å²) in [4.78, 5) is 36.6. The van der Waals surface area contributed by atoms with Crippen LogP contribution in [0, 0.1) is 0 Å². The van der Waals surface area contributed by atoms with E-state index in [0.29, 0.717) is 52.7 Å². The van der Waals surface area contributed by atoms with Gasteiger partial charge in [0.25, 0.3) is 11.1 Å². The van der Waals surface area contributed by atoms with Gasteiger partial charge < -0.3 is 15.0 Å². The van der Waals surface area contributed by atoms with Crippen LogP contribution in [0.3, 0.4) is 0 Å². The van der Waals surface area contributed by atoms with E-state index in [1.807, 2.05) is 18.2 Å². The van der Waals surface area contributed by atoms with Crippen molar-refractivity contribution in [1.29, 1.82) is 0 Å². The number of para-hydroxylation sites is 1. The van der Waals surface area contributed by atoms with E-state index >= 15 is 0 Å². The summed E-state index contributed by atoms with van der Waals surface area (Å²) in [7, 11) is 0. The molecule has 3 N–H and O–H groups in total. The first-order valence-electron chi connectivity index (χ1n) is 12.8. The molecule has 2 aliphatic rings. The highest BCUT2D eigenvalue weighted by molar-refractivity contribution is 5.94. The zero-order valence-electron chi connectivity index (χ0n) is 20.9. The Kier molecular flexibility index (Phi) is 5.69. The zero-order valence-corrected chi connectivity index (χ0v) is 20.9. The number of fused-ring (bicyclic) bond motifs is 5. The molecule has 2 unspecified atom stereocenters. The number of H-pyrrole nitrogens is 2. The number of benzene rings is 2. The van der Waals surface area contributed by atoms with E-state index < -0.39 is 0 Å². The maximum atomic E-state index is 13.2. The molecule has 4 atom stereocenters. The molecule has 0 amide bonds. The molecule has 4 aromatic rings. The quantitative estimate of drug-likeness (QED) is 0.408. The van der Waals surface area contributed by atoms with Gasteiger partial charge in [-0.3, -0.25) is 24.3 Å². The predicted molar refractivity (Wildman–Crippen MR) is 141 cm³/mol. The summed E-state index contributed by atoms with van der Waals surface area (Å²) in [6.45, 7) is 9.21. The second kappa shape index (κ2) is 8.90. The number of rotatable bonds is 4. The minimum atomic E-state index is -0.298. The van der Waals surface area contributed by atoms with Gasteiger partial charge in [-0.2, -0.15) is 0 Å². The smallest absolute Gasteiger partial charge is 0.275 e. The van der Waals surface area contributed by atoms with Crippen molar-refractivity contribution in [2.45, 2.75) is 64.9 Å². The van der Waals surface area contributed by atoms with Crippen molar-refractivity contribution in [2.75, 3.05) is 13.1 Å². The van der Waals surface area contributed by atoms with Gasteiger partial charge in [0.2, 0.25) is 0 Å². The summed E-state index contributed by atoms with van der Waals surface area (Å²) in [6.07, 6.45) is 1.90. The van der Waals surface area contributed by atoms with Crippen LogP contribution >= 0.6 is 0 Å². The highest BCUT2D eigenvalue weighted by Crippen LogP contribution is 2.33. The van der Waals surface area contributed by atoms with Crippen molar-refractivity contribution < 1.29 is 4.74 Å². The van der Waals surface area contributed by atoms with Gasteiger partial charge in [0.1, 0.15) is 17.3 Å². The molecule has 1 saturated heterocycles. The maximum absolute atomic E-state index is 13.2. The van der Waals surface area contributed by atoms with Crippen LogP contribution in [-0.2, 0) is 13.1 Å². The molecule has 9 nitrogen and oxygen atoms in total. The van der Waals surface area contributed by atoms with Gasteiger partial charge in [-0.1, -0.05) is 25.1 Å². The summed E-state index contributed by atoms with van der Waals surface area (Å²) in [5, 5.41) is 7.39. The van der Waals surface area contributed by atoms with Crippen LogP contribution in [0.4, 0.5) is 0 Å². The molecule has 6 bridgehead atoms. The molecule has 2 aromatic heterocycles. The van der Waals surface area contributed by atoms with Crippen LogP contribution in [0.1, 0.15) is 39.2 Å². The van der Waals surface area contributed by atoms with E-state index in [0.717, 1.165) is 37.2 Å². The molecule has 2 aromatic carbocycles. The van der Waals surface area contributed by atoms with Gasteiger partial charge in [0.05, 0.1) is 23.0 Å². The van der Waals surface area contributed by atoms with Crippen LogP contribution < -0.4 is 21.2 Å². The fraction of sp³-hybridized carbons (Fsp3) is 0.444. The third-order valence-corrected chi connectivity index (χ3v) is 7.76. The molecule has 6 rings (SSSR count). The van der Waals surface area contributed by atoms with Gasteiger partial charge in [-0.25, -0.2) is 4.98 Å². The van der Waals surface area contributed by atoms with E-state index in [-0.39, 0.29) is 22.9 Å². The molecular weight excluding hydrogens is 456 g/mol. The predicted octanol–water partition coefficient (Wildman–Crippen LogP) is 2.98. The first-order valence-corrected chi connectivity index (χ1v) is 12.8. The van der Waals surface area contributed by atoms with Crippen LogP contribution in [-0.4, -0.2) is 55.9 Å². The van der Waals surface area contributed by atoms with E-state index in [1.54, 1.807) is 16.8 Å². The molecule has 2 aliphatic heterocycles. The Bertz CT molecular complexity index is 1570. The lowest BCUT2D eigenvalue weighted by Gasteiger charge is -2.22. The molecule has 4 heterocycles. The van der Waals surface area contributed by atoms with Crippen molar-refractivity contribution in [3.63, 3.8) is 0 Å².